The summed E-state index contributed by atoms with van der Waals surface area (Å²) in [5.41, 5.74) is 0.376. The summed E-state index contributed by atoms with van der Waals surface area (Å²) in [6.45, 7) is 1.46. The molecule has 3 aromatic rings. The fourth-order valence-electron chi connectivity index (χ4n) is 2.37. The van der Waals surface area contributed by atoms with Crippen molar-refractivity contribution >= 4 is 40.9 Å². The average Bonchev–Trinajstić information content (AvgIpc) is 3.25. The van der Waals surface area contributed by atoms with E-state index in [-0.39, 0.29) is 33.5 Å². The molecule has 1 aromatic carbocycles. The number of hydrogen-bond acceptors (Lipinski definition) is 4. The Balaban J connectivity index is 1.75. The zero-order valence-corrected chi connectivity index (χ0v) is 15.9. The van der Waals surface area contributed by atoms with Crippen LogP contribution in [0.3, 0.4) is 0 Å². The number of hydrogen-bond donors (Lipinski definition) is 2. The highest BCUT2D eigenvalue weighted by atomic mass is 35.5. The maximum Gasteiger partial charge on any atom is 0.328 e. The molecule has 0 bridgehead atoms. The number of anilines is 1. The van der Waals surface area contributed by atoms with Gasteiger partial charge in [-0.15, -0.1) is 0 Å². The van der Waals surface area contributed by atoms with Crippen LogP contribution in [0.5, 0.6) is 0 Å². The smallest absolute Gasteiger partial charge is 0.328 e. The van der Waals surface area contributed by atoms with Gasteiger partial charge in [-0.2, -0.15) is 10.2 Å². The van der Waals surface area contributed by atoms with Gasteiger partial charge in [-0.3, -0.25) is 14.2 Å². The van der Waals surface area contributed by atoms with E-state index in [9.17, 15) is 14.0 Å². The van der Waals surface area contributed by atoms with Gasteiger partial charge >= 0.3 is 5.97 Å². The predicted octanol–water partition coefficient (Wildman–Crippen LogP) is 3.47. The van der Waals surface area contributed by atoms with Gasteiger partial charge in [-0.25, -0.2) is 9.18 Å². The van der Waals surface area contributed by atoms with Gasteiger partial charge in [-0.1, -0.05) is 29.3 Å². The second-order valence-corrected chi connectivity index (χ2v) is 6.72. The minimum Gasteiger partial charge on any atom is -0.480 e. The number of carboxylic acids is 1. The third kappa shape index (κ3) is 4.15. The second kappa shape index (κ2) is 7.99. The van der Waals surface area contributed by atoms with Crippen molar-refractivity contribution in [1.82, 2.24) is 19.6 Å². The number of aromatic nitrogens is 4. The van der Waals surface area contributed by atoms with Crippen molar-refractivity contribution in [3.63, 3.8) is 0 Å². The number of carbonyl (C=O) groups is 2. The molecule has 3 rings (SSSR count). The summed E-state index contributed by atoms with van der Waals surface area (Å²) in [7, 11) is 0. The van der Waals surface area contributed by atoms with Gasteiger partial charge in [0.25, 0.3) is 5.91 Å². The van der Waals surface area contributed by atoms with Crippen LogP contribution in [-0.2, 0) is 11.3 Å². The molecule has 0 aliphatic heterocycles. The molecule has 0 saturated carbocycles. The van der Waals surface area contributed by atoms with E-state index in [2.05, 4.69) is 15.5 Å². The number of nitrogens with one attached hydrogen (secondary N) is 1. The highest BCUT2D eigenvalue weighted by Crippen LogP contribution is 2.24. The molecule has 28 heavy (non-hydrogen) atoms. The Kier molecular flexibility index (Phi) is 5.66. The molecule has 0 fully saturated rings. The topological polar surface area (TPSA) is 102 Å². The lowest BCUT2D eigenvalue weighted by Gasteiger charge is -2.06. The van der Waals surface area contributed by atoms with Crippen molar-refractivity contribution < 1.29 is 19.1 Å². The number of halogens is 3. The summed E-state index contributed by atoms with van der Waals surface area (Å²) in [6, 6.07) is 3.41. The molecular weight excluding hydrogens is 412 g/mol. The SMILES string of the molecule is CC(C(=O)O)n1cc(C(=O)Nc2nn(Cc3c(F)cccc3Cl)cc2Cl)cn1. The van der Waals surface area contributed by atoms with Crippen LogP contribution in [0.15, 0.2) is 36.8 Å². The van der Waals surface area contributed by atoms with E-state index in [0.717, 1.165) is 4.68 Å². The molecule has 1 atom stereocenters. The van der Waals surface area contributed by atoms with Crippen LogP contribution < -0.4 is 5.32 Å². The molecule has 8 nitrogen and oxygen atoms in total. The molecule has 2 heterocycles. The number of benzene rings is 1. The molecule has 2 aromatic heterocycles. The number of rotatable bonds is 6. The fourth-order valence-corrected chi connectivity index (χ4v) is 2.79. The van der Waals surface area contributed by atoms with Crippen molar-refractivity contribution in [1.29, 1.82) is 0 Å². The van der Waals surface area contributed by atoms with Crippen LogP contribution in [0, 0.1) is 5.82 Å². The van der Waals surface area contributed by atoms with E-state index in [1.165, 1.54) is 42.3 Å². The molecule has 2 N–H and O–H groups in total. The zero-order valence-electron chi connectivity index (χ0n) is 14.4. The normalized spacial score (nSPS) is 12.0. The fraction of sp³-hybridized carbons (Fsp3) is 0.176. The summed E-state index contributed by atoms with van der Waals surface area (Å²) in [6.07, 6.45) is 3.97. The second-order valence-electron chi connectivity index (χ2n) is 5.90. The lowest BCUT2D eigenvalue weighted by atomic mass is 10.2. The Hall–Kier alpha value is -2.91. The Morgan fingerprint density at radius 1 is 1.29 bits per heavy atom. The van der Waals surface area contributed by atoms with E-state index >= 15 is 0 Å². The monoisotopic (exact) mass is 425 g/mol. The van der Waals surface area contributed by atoms with E-state index in [1.54, 1.807) is 6.07 Å². The molecular formula is C17H14Cl2FN5O3. The lowest BCUT2D eigenvalue weighted by molar-refractivity contribution is -0.140. The summed E-state index contributed by atoms with van der Waals surface area (Å²) in [4.78, 5) is 23.3. The van der Waals surface area contributed by atoms with Crippen molar-refractivity contribution in [2.75, 3.05) is 5.32 Å². The summed E-state index contributed by atoms with van der Waals surface area (Å²) in [5.74, 6) is -2.06. The Morgan fingerprint density at radius 2 is 2.04 bits per heavy atom. The molecule has 146 valence electrons. The first-order chi connectivity index (χ1) is 13.3. The van der Waals surface area contributed by atoms with Crippen molar-refractivity contribution in [2.24, 2.45) is 0 Å². The minimum absolute atomic E-state index is 0.0230. The van der Waals surface area contributed by atoms with Crippen LogP contribution in [0.2, 0.25) is 10.0 Å². The van der Waals surface area contributed by atoms with Gasteiger partial charge in [-0.05, 0) is 19.1 Å². The molecule has 0 aliphatic rings. The van der Waals surface area contributed by atoms with Gasteiger partial charge in [0.2, 0.25) is 0 Å². The van der Waals surface area contributed by atoms with Gasteiger partial charge in [0.15, 0.2) is 5.82 Å². The first kappa shape index (κ1) is 19.8. The number of carboxylic acid groups (broad SMARTS) is 1. The highest BCUT2D eigenvalue weighted by molar-refractivity contribution is 6.33. The van der Waals surface area contributed by atoms with Crippen LogP contribution in [0.25, 0.3) is 0 Å². The van der Waals surface area contributed by atoms with E-state index < -0.39 is 23.7 Å². The molecule has 1 amide bonds. The van der Waals surface area contributed by atoms with E-state index in [1.807, 2.05) is 0 Å². The summed E-state index contributed by atoms with van der Waals surface area (Å²) >= 11 is 12.1. The Labute approximate surface area is 168 Å². The highest BCUT2D eigenvalue weighted by Gasteiger charge is 2.19. The van der Waals surface area contributed by atoms with Crippen LogP contribution in [0.4, 0.5) is 10.2 Å². The maximum atomic E-state index is 13.9. The van der Waals surface area contributed by atoms with Crippen molar-refractivity contribution in [3.8, 4) is 0 Å². The summed E-state index contributed by atoms with van der Waals surface area (Å²) in [5, 5.41) is 19.9. The number of amides is 1. The van der Waals surface area contributed by atoms with E-state index in [0.29, 0.717) is 0 Å². The zero-order chi connectivity index (χ0) is 20.4. The van der Waals surface area contributed by atoms with Gasteiger partial charge in [0.05, 0.1) is 18.3 Å². The van der Waals surface area contributed by atoms with Gasteiger partial charge in [0.1, 0.15) is 16.9 Å². The molecule has 0 radical (unpaired) electrons. The van der Waals surface area contributed by atoms with Gasteiger partial charge in [0, 0.05) is 23.0 Å². The maximum absolute atomic E-state index is 13.9. The first-order valence-electron chi connectivity index (χ1n) is 8.00. The third-order valence-corrected chi connectivity index (χ3v) is 4.58. The largest absolute Gasteiger partial charge is 0.480 e. The van der Waals surface area contributed by atoms with Crippen LogP contribution in [-0.4, -0.2) is 36.5 Å². The average molecular weight is 426 g/mol. The Bertz CT molecular complexity index is 1030. The Morgan fingerprint density at radius 3 is 2.71 bits per heavy atom. The number of carbonyl (C=O) groups excluding carboxylic acids is 1. The van der Waals surface area contributed by atoms with Gasteiger partial charge < -0.3 is 10.4 Å². The van der Waals surface area contributed by atoms with Crippen molar-refractivity contribution in [2.45, 2.75) is 19.5 Å². The summed E-state index contributed by atoms with van der Waals surface area (Å²) < 4.78 is 16.4. The predicted molar refractivity (Wildman–Crippen MR) is 100 cm³/mol. The van der Waals surface area contributed by atoms with Crippen LogP contribution >= 0.6 is 23.2 Å². The van der Waals surface area contributed by atoms with Crippen LogP contribution in [0.1, 0.15) is 28.9 Å². The quantitative estimate of drug-likeness (QED) is 0.629. The molecule has 0 aliphatic carbocycles. The van der Waals surface area contributed by atoms with Crippen molar-refractivity contribution in [3.05, 3.63) is 63.8 Å². The number of aliphatic carboxylic acids is 1. The first-order valence-corrected chi connectivity index (χ1v) is 8.76. The number of nitrogens with zero attached hydrogens (tertiary/aromatic N) is 4. The molecule has 0 spiro atoms. The minimum atomic E-state index is -1.08. The molecule has 1 unspecified atom stereocenters. The van der Waals surface area contributed by atoms with E-state index in [4.69, 9.17) is 28.3 Å². The molecule has 0 saturated heterocycles. The third-order valence-electron chi connectivity index (χ3n) is 3.95. The lowest BCUT2D eigenvalue weighted by Crippen LogP contribution is -2.16. The standard InChI is InChI=1S/C17H14Cl2FN5O3/c1-9(17(27)28)25-6-10(5-21-25)16(26)22-15-13(19)8-24(23-15)7-11-12(18)3-2-4-14(11)20/h2-6,8-9H,7H2,1H3,(H,27,28)(H,22,23,26). The molecule has 11 heteroatoms.